The Bertz CT molecular complexity index is 468. The molecule has 0 radical (unpaired) electrons. The Morgan fingerprint density at radius 3 is 2.80 bits per heavy atom. The number of aromatic nitrogens is 3. The molecule has 1 fully saturated rings. The lowest BCUT2D eigenvalue weighted by molar-refractivity contribution is 0.0517. The summed E-state index contributed by atoms with van der Waals surface area (Å²) in [6.45, 7) is 8.60. The van der Waals surface area contributed by atoms with Gasteiger partial charge in [-0.05, 0) is 31.6 Å². The first kappa shape index (κ1) is 15.0. The molecule has 0 aliphatic heterocycles. The summed E-state index contributed by atoms with van der Waals surface area (Å²) in [6, 6.07) is 0.367. The van der Waals surface area contributed by atoms with Crippen molar-refractivity contribution in [3.8, 4) is 0 Å². The number of nitrogens with zero attached hydrogens (tertiary/aromatic N) is 3. The molecule has 0 N–H and O–H groups in total. The Balaban J connectivity index is 2.31. The van der Waals surface area contributed by atoms with Crippen molar-refractivity contribution >= 4 is 5.97 Å². The summed E-state index contributed by atoms with van der Waals surface area (Å²) in [5, 5.41) is 8.36. The number of rotatable bonds is 4. The number of hydrogen-bond donors (Lipinski definition) is 0. The standard InChI is InChI=1S/C15H25N3O2/c1-5-20-15(19)13-14(10(2)3)18(17-16-13)12-8-6-7-11(4)9-12/h10-12H,5-9H2,1-4H3. The molecule has 1 aliphatic carbocycles. The Labute approximate surface area is 120 Å². The van der Waals surface area contributed by atoms with Crippen LogP contribution in [0.1, 0.15) is 81.5 Å². The van der Waals surface area contributed by atoms with Crippen LogP contribution < -0.4 is 0 Å². The van der Waals surface area contributed by atoms with Crippen LogP contribution in [0.3, 0.4) is 0 Å². The van der Waals surface area contributed by atoms with Gasteiger partial charge in [0, 0.05) is 0 Å². The second-order valence-electron chi connectivity index (χ2n) is 6.07. The highest BCUT2D eigenvalue weighted by Gasteiger charge is 2.29. The smallest absolute Gasteiger partial charge is 0.360 e. The number of hydrogen-bond acceptors (Lipinski definition) is 4. The van der Waals surface area contributed by atoms with E-state index in [1.165, 1.54) is 12.8 Å². The van der Waals surface area contributed by atoms with E-state index in [2.05, 4.69) is 31.1 Å². The summed E-state index contributed by atoms with van der Waals surface area (Å²) < 4.78 is 7.06. The lowest BCUT2D eigenvalue weighted by atomic mass is 9.87. The van der Waals surface area contributed by atoms with Gasteiger partial charge < -0.3 is 4.74 Å². The molecule has 1 saturated carbocycles. The fraction of sp³-hybridized carbons (Fsp3) is 0.800. The van der Waals surface area contributed by atoms with Crippen molar-refractivity contribution in [1.29, 1.82) is 0 Å². The third-order valence-electron chi connectivity index (χ3n) is 4.00. The SMILES string of the molecule is CCOC(=O)c1nnn(C2CCCC(C)C2)c1C(C)C. The summed E-state index contributed by atoms with van der Waals surface area (Å²) in [5.74, 6) is 0.567. The molecule has 1 heterocycles. The average Bonchev–Trinajstić information content (AvgIpc) is 2.83. The Kier molecular flexibility index (Phi) is 4.78. The van der Waals surface area contributed by atoms with Crippen LogP contribution in [0.5, 0.6) is 0 Å². The van der Waals surface area contributed by atoms with Crippen molar-refractivity contribution in [2.24, 2.45) is 5.92 Å². The normalized spacial score (nSPS) is 23.1. The highest BCUT2D eigenvalue weighted by Crippen LogP contribution is 2.34. The van der Waals surface area contributed by atoms with E-state index in [9.17, 15) is 4.79 Å². The van der Waals surface area contributed by atoms with Crippen molar-refractivity contribution in [2.45, 2.75) is 65.3 Å². The molecule has 20 heavy (non-hydrogen) atoms. The number of carbonyl (C=O) groups excluding carboxylic acids is 1. The lowest BCUT2D eigenvalue weighted by Crippen LogP contribution is -2.21. The Morgan fingerprint density at radius 1 is 1.45 bits per heavy atom. The molecular weight excluding hydrogens is 254 g/mol. The van der Waals surface area contributed by atoms with Crippen molar-refractivity contribution in [3.63, 3.8) is 0 Å². The third kappa shape index (κ3) is 3.02. The predicted octanol–water partition coefficient (Wildman–Crippen LogP) is 3.33. The van der Waals surface area contributed by atoms with E-state index in [1.807, 2.05) is 4.68 Å². The summed E-state index contributed by atoms with van der Waals surface area (Å²) in [4.78, 5) is 12.0. The maximum Gasteiger partial charge on any atom is 0.360 e. The van der Waals surface area contributed by atoms with Crippen LogP contribution in [0.25, 0.3) is 0 Å². The molecule has 0 amide bonds. The molecule has 5 nitrogen and oxygen atoms in total. The molecule has 5 heteroatoms. The second kappa shape index (κ2) is 6.37. The van der Waals surface area contributed by atoms with E-state index in [-0.39, 0.29) is 11.9 Å². The number of esters is 1. The summed E-state index contributed by atoms with van der Waals surface area (Å²) in [5.41, 5.74) is 1.31. The molecular formula is C15H25N3O2. The minimum absolute atomic E-state index is 0.210. The van der Waals surface area contributed by atoms with E-state index < -0.39 is 0 Å². The van der Waals surface area contributed by atoms with Crippen molar-refractivity contribution in [1.82, 2.24) is 15.0 Å². The highest BCUT2D eigenvalue weighted by atomic mass is 16.5. The number of carbonyl (C=O) groups is 1. The van der Waals surface area contributed by atoms with Crippen LogP contribution in [0.2, 0.25) is 0 Å². The van der Waals surface area contributed by atoms with Gasteiger partial charge in [0.15, 0.2) is 5.69 Å². The fourth-order valence-corrected chi connectivity index (χ4v) is 3.08. The van der Waals surface area contributed by atoms with Crippen molar-refractivity contribution in [3.05, 3.63) is 11.4 Å². The minimum Gasteiger partial charge on any atom is -0.461 e. The molecule has 1 aliphatic rings. The van der Waals surface area contributed by atoms with Gasteiger partial charge in [-0.1, -0.05) is 38.8 Å². The van der Waals surface area contributed by atoms with Gasteiger partial charge in [0.1, 0.15) is 0 Å². The van der Waals surface area contributed by atoms with Crippen LogP contribution >= 0.6 is 0 Å². The van der Waals surface area contributed by atoms with E-state index in [0.29, 0.717) is 24.3 Å². The monoisotopic (exact) mass is 279 g/mol. The zero-order valence-corrected chi connectivity index (χ0v) is 12.9. The average molecular weight is 279 g/mol. The fourth-order valence-electron chi connectivity index (χ4n) is 3.08. The second-order valence-corrected chi connectivity index (χ2v) is 6.07. The van der Waals surface area contributed by atoms with Crippen LogP contribution in [-0.2, 0) is 4.74 Å². The third-order valence-corrected chi connectivity index (χ3v) is 4.00. The quantitative estimate of drug-likeness (QED) is 0.793. The minimum atomic E-state index is -0.355. The molecule has 0 spiro atoms. The van der Waals surface area contributed by atoms with Gasteiger partial charge >= 0.3 is 5.97 Å². The van der Waals surface area contributed by atoms with Crippen LogP contribution in [0.15, 0.2) is 0 Å². The van der Waals surface area contributed by atoms with Gasteiger partial charge in [-0.25, -0.2) is 9.48 Å². The summed E-state index contributed by atoms with van der Waals surface area (Å²) >= 11 is 0. The summed E-state index contributed by atoms with van der Waals surface area (Å²) in [6.07, 6.45) is 4.74. The van der Waals surface area contributed by atoms with Crippen LogP contribution in [-0.4, -0.2) is 27.6 Å². The summed E-state index contributed by atoms with van der Waals surface area (Å²) in [7, 11) is 0. The Hall–Kier alpha value is -1.39. The van der Waals surface area contributed by atoms with Crippen molar-refractivity contribution < 1.29 is 9.53 Å². The van der Waals surface area contributed by atoms with Crippen molar-refractivity contribution in [2.75, 3.05) is 6.61 Å². The largest absolute Gasteiger partial charge is 0.461 e. The van der Waals surface area contributed by atoms with E-state index in [0.717, 1.165) is 18.5 Å². The van der Waals surface area contributed by atoms with E-state index in [4.69, 9.17) is 4.74 Å². The zero-order chi connectivity index (χ0) is 14.7. The molecule has 2 rings (SSSR count). The molecule has 0 saturated heterocycles. The van der Waals surface area contributed by atoms with Gasteiger partial charge in [0.05, 0.1) is 18.3 Å². The van der Waals surface area contributed by atoms with Gasteiger partial charge in [0.2, 0.25) is 0 Å². The molecule has 0 bridgehead atoms. The van der Waals surface area contributed by atoms with Gasteiger partial charge in [-0.3, -0.25) is 0 Å². The maximum atomic E-state index is 12.0. The predicted molar refractivity (Wildman–Crippen MR) is 76.7 cm³/mol. The first-order chi connectivity index (χ1) is 9.54. The Morgan fingerprint density at radius 2 is 2.20 bits per heavy atom. The first-order valence-corrected chi connectivity index (χ1v) is 7.66. The molecule has 1 aromatic rings. The molecule has 2 unspecified atom stereocenters. The van der Waals surface area contributed by atoms with Crippen LogP contribution in [0, 0.1) is 5.92 Å². The number of ether oxygens (including phenoxy) is 1. The topological polar surface area (TPSA) is 57.0 Å². The maximum absolute atomic E-state index is 12.0. The molecule has 2 atom stereocenters. The van der Waals surface area contributed by atoms with Gasteiger partial charge in [-0.15, -0.1) is 5.10 Å². The zero-order valence-electron chi connectivity index (χ0n) is 12.9. The van der Waals surface area contributed by atoms with Crippen LogP contribution in [0.4, 0.5) is 0 Å². The first-order valence-electron chi connectivity index (χ1n) is 7.66. The van der Waals surface area contributed by atoms with Gasteiger partial charge in [-0.2, -0.15) is 0 Å². The lowest BCUT2D eigenvalue weighted by Gasteiger charge is -2.28. The van der Waals surface area contributed by atoms with E-state index in [1.54, 1.807) is 6.92 Å². The molecule has 112 valence electrons. The molecule has 0 aromatic carbocycles. The molecule has 1 aromatic heterocycles. The highest BCUT2D eigenvalue weighted by molar-refractivity contribution is 5.88. The van der Waals surface area contributed by atoms with E-state index >= 15 is 0 Å². The van der Waals surface area contributed by atoms with Gasteiger partial charge in [0.25, 0.3) is 0 Å².